The number of methoxy groups -OCH3 is 1. The van der Waals surface area contributed by atoms with Crippen LogP contribution >= 0.6 is 0 Å². The van der Waals surface area contributed by atoms with Crippen molar-refractivity contribution >= 4 is 6.08 Å². The van der Waals surface area contributed by atoms with E-state index in [-0.39, 0.29) is 12.4 Å². The van der Waals surface area contributed by atoms with Gasteiger partial charge >= 0.3 is 0 Å². The van der Waals surface area contributed by atoms with Crippen LogP contribution in [0.3, 0.4) is 0 Å². The molecule has 0 bridgehead atoms. The zero-order chi connectivity index (χ0) is 10.4. The number of hydrogen-bond donors (Lipinski definition) is 1. The van der Waals surface area contributed by atoms with E-state index in [1.807, 2.05) is 12.2 Å². The maximum absolute atomic E-state index is 13.2. The number of nitrogens with two attached hydrogens (primary N) is 1. The van der Waals surface area contributed by atoms with Crippen LogP contribution in [0.25, 0.3) is 6.08 Å². The lowest BCUT2D eigenvalue weighted by Crippen LogP contribution is -1.94. The first-order valence-electron chi connectivity index (χ1n) is 4.42. The Kier molecular flexibility index (Phi) is 4.29. The monoisotopic (exact) mass is 195 g/mol. The number of halogens is 1. The van der Waals surface area contributed by atoms with Crippen LogP contribution in [0.15, 0.2) is 24.3 Å². The molecule has 0 atom stereocenters. The Morgan fingerprint density at radius 1 is 1.50 bits per heavy atom. The lowest BCUT2D eigenvalue weighted by molar-refractivity contribution is 0.181. The first kappa shape index (κ1) is 10.9. The number of benzene rings is 1. The van der Waals surface area contributed by atoms with Crippen molar-refractivity contribution in [3.8, 4) is 0 Å². The molecule has 0 saturated heterocycles. The third-order valence-electron chi connectivity index (χ3n) is 1.82. The molecular formula is C11H14FNO. The third-order valence-corrected chi connectivity index (χ3v) is 1.82. The van der Waals surface area contributed by atoms with Gasteiger partial charge < -0.3 is 10.5 Å². The molecule has 0 aromatic heterocycles. The van der Waals surface area contributed by atoms with E-state index < -0.39 is 0 Å². The molecule has 0 aliphatic heterocycles. The van der Waals surface area contributed by atoms with E-state index in [9.17, 15) is 4.39 Å². The zero-order valence-corrected chi connectivity index (χ0v) is 8.16. The predicted octanol–water partition coefficient (Wildman–Crippen LogP) is 1.94. The van der Waals surface area contributed by atoms with E-state index in [0.29, 0.717) is 12.1 Å². The van der Waals surface area contributed by atoms with Gasteiger partial charge in [0.25, 0.3) is 0 Å². The van der Waals surface area contributed by atoms with E-state index in [2.05, 4.69) is 0 Å². The highest BCUT2D eigenvalue weighted by atomic mass is 19.1. The van der Waals surface area contributed by atoms with Crippen molar-refractivity contribution in [3.63, 3.8) is 0 Å². The van der Waals surface area contributed by atoms with Crippen molar-refractivity contribution in [3.05, 3.63) is 41.2 Å². The molecule has 0 aliphatic carbocycles. The molecule has 0 heterocycles. The summed E-state index contributed by atoms with van der Waals surface area (Å²) in [6.07, 6.45) is 3.68. The van der Waals surface area contributed by atoms with Crippen LogP contribution in [-0.2, 0) is 11.3 Å². The minimum atomic E-state index is -0.239. The summed E-state index contributed by atoms with van der Waals surface area (Å²) in [7, 11) is 1.54. The lowest BCUT2D eigenvalue weighted by atomic mass is 10.1. The highest BCUT2D eigenvalue weighted by molar-refractivity contribution is 5.50. The van der Waals surface area contributed by atoms with E-state index in [4.69, 9.17) is 10.5 Å². The second-order valence-corrected chi connectivity index (χ2v) is 2.92. The molecule has 1 rings (SSSR count). The summed E-state index contributed by atoms with van der Waals surface area (Å²) in [4.78, 5) is 0. The Morgan fingerprint density at radius 2 is 2.29 bits per heavy atom. The average molecular weight is 195 g/mol. The molecule has 2 nitrogen and oxygen atoms in total. The quantitative estimate of drug-likeness (QED) is 0.796. The third kappa shape index (κ3) is 2.94. The summed E-state index contributed by atoms with van der Waals surface area (Å²) < 4.78 is 18.0. The second kappa shape index (κ2) is 5.52. The summed E-state index contributed by atoms with van der Waals surface area (Å²) in [5.74, 6) is -0.239. The largest absolute Gasteiger partial charge is 0.380 e. The fraction of sp³-hybridized carbons (Fsp3) is 0.273. The molecule has 1 aromatic carbocycles. The van der Waals surface area contributed by atoms with Crippen molar-refractivity contribution in [1.82, 2.24) is 0 Å². The van der Waals surface area contributed by atoms with E-state index in [1.165, 1.54) is 6.07 Å². The summed E-state index contributed by atoms with van der Waals surface area (Å²) >= 11 is 0. The number of rotatable bonds is 4. The van der Waals surface area contributed by atoms with Crippen molar-refractivity contribution in [2.24, 2.45) is 5.73 Å². The fourth-order valence-electron chi connectivity index (χ4n) is 1.17. The Bertz CT molecular complexity index is 323. The molecule has 3 heteroatoms. The standard InChI is InChI=1S/C11H14FNO/c1-14-8-10-7-9(3-2-6-13)4-5-11(10)12/h2-5,7H,6,8,13H2,1H3/b3-2+. The molecule has 0 fully saturated rings. The minimum absolute atomic E-state index is 0.239. The molecule has 0 aliphatic rings. The predicted molar refractivity (Wildman–Crippen MR) is 55.2 cm³/mol. The molecule has 0 spiro atoms. The van der Waals surface area contributed by atoms with Crippen molar-refractivity contribution in [2.75, 3.05) is 13.7 Å². The highest BCUT2D eigenvalue weighted by Crippen LogP contribution is 2.12. The van der Waals surface area contributed by atoms with Crippen molar-refractivity contribution in [2.45, 2.75) is 6.61 Å². The molecule has 2 N–H and O–H groups in total. The molecule has 0 radical (unpaired) electrons. The first-order valence-corrected chi connectivity index (χ1v) is 4.42. The smallest absolute Gasteiger partial charge is 0.128 e. The SMILES string of the molecule is COCc1cc(/C=C/CN)ccc1F. The van der Waals surface area contributed by atoms with Gasteiger partial charge in [-0.2, -0.15) is 0 Å². The summed E-state index contributed by atoms with van der Waals surface area (Å²) in [6, 6.07) is 4.90. The van der Waals surface area contributed by atoms with Crippen LogP contribution in [0, 0.1) is 5.82 Å². The summed E-state index contributed by atoms with van der Waals surface area (Å²) in [6.45, 7) is 0.771. The zero-order valence-electron chi connectivity index (χ0n) is 8.16. The molecule has 1 aromatic rings. The van der Waals surface area contributed by atoms with Crippen LogP contribution in [0.2, 0.25) is 0 Å². The number of hydrogen-bond acceptors (Lipinski definition) is 2. The second-order valence-electron chi connectivity index (χ2n) is 2.92. The summed E-state index contributed by atoms with van der Waals surface area (Å²) in [5.41, 5.74) is 6.81. The van der Waals surface area contributed by atoms with Gasteiger partial charge in [-0.25, -0.2) is 4.39 Å². The van der Waals surface area contributed by atoms with Crippen LogP contribution in [0.1, 0.15) is 11.1 Å². The van der Waals surface area contributed by atoms with E-state index >= 15 is 0 Å². The maximum atomic E-state index is 13.2. The lowest BCUT2D eigenvalue weighted by Gasteiger charge is -2.02. The summed E-state index contributed by atoms with van der Waals surface area (Å²) in [5, 5.41) is 0. The van der Waals surface area contributed by atoms with Crippen LogP contribution < -0.4 is 5.73 Å². The topological polar surface area (TPSA) is 35.2 Å². The molecule has 0 amide bonds. The molecule has 0 unspecified atom stereocenters. The van der Waals surface area contributed by atoms with Gasteiger partial charge in [0, 0.05) is 19.2 Å². The Balaban J connectivity index is 2.88. The van der Waals surface area contributed by atoms with E-state index in [1.54, 1.807) is 19.2 Å². The van der Waals surface area contributed by atoms with Crippen molar-refractivity contribution < 1.29 is 9.13 Å². The van der Waals surface area contributed by atoms with Gasteiger partial charge in [0.15, 0.2) is 0 Å². The Hall–Kier alpha value is -1.19. The molecule has 0 saturated carbocycles. The normalized spacial score (nSPS) is 11.1. The van der Waals surface area contributed by atoms with Gasteiger partial charge in [0.1, 0.15) is 5.82 Å². The molecular weight excluding hydrogens is 181 g/mol. The maximum Gasteiger partial charge on any atom is 0.128 e. The van der Waals surface area contributed by atoms with Gasteiger partial charge in [0.05, 0.1) is 6.61 Å². The average Bonchev–Trinajstić information content (AvgIpc) is 2.19. The molecule has 76 valence electrons. The van der Waals surface area contributed by atoms with Crippen LogP contribution in [0.5, 0.6) is 0 Å². The Morgan fingerprint density at radius 3 is 2.93 bits per heavy atom. The van der Waals surface area contributed by atoms with Crippen molar-refractivity contribution in [1.29, 1.82) is 0 Å². The highest BCUT2D eigenvalue weighted by Gasteiger charge is 2.01. The van der Waals surface area contributed by atoms with Gasteiger partial charge in [-0.15, -0.1) is 0 Å². The first-order chi connectivity index (χ1) is 6.77. The van der Waals surface area contributed by atoms with Gasteiger partial charge in [-0.3, -0.25) is 0 Å². The Labute approximate surface area is 83.2 Å². The van der Waals surface area contributed by atoms with E-state index in [0.717, 1.165) is 5.56 Å². The minimum Gasteiger partial charge on any atom is -0.380 e. The molecule has 14 heavy (non-hydrogen) atoms. The fourth-order valence-corrected chi connectivity index (χ4v) is 1.17. The van der Waals surface area contributed by atoms with Gasteiger partial charge in [0.2, 0.25) is 0 Å². The van der Waals surface area contributed by atoms with Gasteiger partial charge in [-0.1, -0.05) is 18.2 Å². The van der Waals surface area contributed by atoms with Gasteiger partial charge in [-0.05, 0) is 17.7 Å². The number of ether oxygens (including phenoxy) is 1. The van der Waals surface area contributed by atoms with Crippen LogP contribution in [-0.4, -0.2) is 13.7 Å². The van der Waals surface area contributed by atoms with Crippen LogP contribution in [0.4, 0.5) is 4.39 Å².